The summed E-state index contributed by atoms with van der Waals surface area (Å²) in [6.45, 7) is 4.06. The first-order valence-electron chi connectivity index (χ1n) is 5.99. The summed E-state index contributed by atoms with van der Waals surface area (Å²) in [5.74, 6) is -0.955. The molecule has 0 amide bonds. The van der Waals surface area contributed by atoms with E-state index in [9.17, 15) is 4.79 Å². The third-order valence-corrected chi connectivity index (χ3v) is 3.47. The Morgan fingerprint density at radius 2 is 1.95 bits per heavy atom. The normalized spacial score (nSPS) is 18.1. The number of carboxylic acids is 1. The van der Waals surface area contributed by atoms with Crippen molar-refractivity contribution in [3.05, 3.63) is 53.1 Å². The predicted octanol–water partition coefficient (Wildman–Crippen LogP) is 3.03. The lowest BCUT2D eigenvalue weighted by Gasteiger charge is -2.21. The first-order chi connectivity index (χ1) is 8.99. The number of hydrogen-bond donors (Lipinski definition) is 2. The highest BCUT2D eigenvalue weighted by Crippen LogP contribution is 2.22. The second-order valence-corrected chi connectivity index (χ2v) is 5.03. The van der Waals surface area contributed by atoms with Crippen LogP contribution in [0.4, 0.5) is 5.69 Å². The highest BCUT2D eigenvalue weighted by Gasteiger charge is 2.18. The van der Waals surface area contributed by atoms with Crippen molar-refractivity contribution in [3.8, 4) is 0 Å². The summed E-state index contributed by atoms with van der Waals surface area (Å²) in [5, 5.41) is 12.3. The van der Waals surface area contributed by atoms with Crippen LogP contribution < -0.4 is 5.32 Å². The summed E-state index contributed by atoms with van der Waals surface area (Å²) >= 11 is 5.26. The molecule has 0 spiro atoms. The fourth-order valence-corrected chi connectivity index (χ4v) is 2.30. The number of aryl methyl sites for hydroxylation is 2. The minimum absolute atomic E-state index is 0.141. The van der Waals surface area contributed by atoms with Crippen LogP contribution in [0.1, 0.15) is 11.1 Å². The van der Waals surface area contributed by atoms with Crippen molar-refractivity contribution < 1.29 is 9.90 Å². The van der Waals surface area contributed by atoms with Gasteiger partial charge in [0.2, 0.25) is 0 Å². The summed E-state index contributed by atoms with van der Waals surface area (Å²) in [5.41, 5.74) is 3.56. The van der Waals surface area contributed by atoms with Gasteiger partial charge in [-0.05, 0) is 37.1 Å². The second kappa shape index (κ2) is 5.36. The number of nitrogens with one attached hydrogen (secondary N) is 1. The van der Waals surface area contributed by atoms with Gasteiger partial charge in [0.05, 0.1) is 11.6 Å². The van der Waals surface area contributed by atoms with Crippen molar-refractivity contribution in [1.82, 2.24) is 0 Å². The molecule has 1 aliphatic rings. The van der Waals surface area contributed by atoms with E-state index in [0.717, 1.165) is 16.8 Å². The van der Waals surface area contributed by atoms with Crippen molar-refractivity contribution in [1.29, 1.82) is 0 Å². The molecule has 2 rings (SSSR count). The van der Waals surface area contributed by atoms with E-state index in [0.29, 0.717) is 4.86 Å². The Bertz CT molecular complexity index is 582. The number of rotatable bonds is 3. The molecular formula is C15H15NO2S. The lowest BCUT2D eigenvalue weighted by atomic mass is 10.0. The maximum Gasteiger partial charge on any atom is 0.335 e. The SMILES string of the molecule is Cc1cccc(C)c1NC1C=CC(C(=O)O)=CC1=S. The molecule has 3 nitrogen and oxygen atoms in total. The van der Waals surface area contributed by atoms with Crippen LogP contribution in [0, 0.1) is 13.8 Å². The number of para-hydroxylation sites is 1. The number of carbonyl (C=O) groups is 1. The fourth-order valence-electron chi connectivity index (χ4n) is 2.04. The van der Waals surface area contributed by atoms with Gasteiger partial charge in [0.1, 0.15) is 0 Å². The van der Waals surface area contributed by atoms with Crippen molar-refractivity contribution >= 4 is 28.7 Å². The molecule has 0 saturated carbocycles. The Hall–Kier alpha value is -1.94. The summed E-state index contributed by atoms with van der Waals surface area (Å²) in [6, 6.07) is 5.93. The average molecular weight is 273 g/mol. The Labute approximate surface area is 117 Å². The Morgan fingerprint density at radius 3 is 2.47 bits per heavy atom. The molecule has 1 unspecified atom stereocenters. The zero-order valence-electron chi connectivity index (χ0n) is 10.8. The number of anilines is 1. The van der Waals surface area contributed by atoms with Gasteiger partial charge in [-0.3, -0.25) is 0 Å². The van der Waals surface area contributed by atoms with E-state index in [1.54, 1.807) is 12.2 Å². The molecule has 0 bridgehead atoms. The number of carboxylic acid groups (broad SMARTS) is 1. The molecule has 1 aliphatic carbocycles. The van der Waals surface area contributed by atoms with Crippen molar-refractivity contribution in [2.24, 2.45) is 0 Å². The average Bonchev–Trinajstić information content (AvgIpc) is 2.35. The first-order valence-corrected chi connectivity index (χ1v) is 6.39. The number of benzene rings is 1. The molecule has 0 radical (unpaired) electrons. The molecule has 0 fully saturated rings. The first kappa shape index (κ1) is 13.5. The van der Waals surface area contributed by atoms with Crippen LogP contribution in [0.2, 0.25) is 0 Å². The topological polar surface area (TPSA) is 49.3 Å². The molecule has 0 saturated heterocycles. The largest absolute Gasteiger partial charge is 0.478 e. The molecule has 98 valence electrons. The van der Waals surface area contributed by atoms with Crippen LogP contribution >= 0.6 is 12.2 Å². The molecule has 4 heteroatoms. The number of aliphatic carboxylic acids is 1. The van der Waals surface area contributed by atoms with Crippen molar-refractivity contribution in [2.45, 2.75) is 19.9 Å². The van der Waals surface area contributed by atoms with E-state index in [1.165, 1.54) is 6.08 Å². The van der Waals surface area contributed by atoms with E-state index >= 15 is 0 Å². The van der Waals surface area contributed by atoms with Crippen LogP contribution in [0.15, 0.2) is 42.0 Å². The van der Waals surface area contributed by atoms with Crippen LogP contribution in [0.3, 0.4) is 0 Å². The van der Waals surface area contributed by atoms with Gasteiger partial charge in [0.25, 0.3) is 0 Å². The molecule has 0 aromatic heterocycles. The second-order valence-electron chi connectivity index (χ2n) is 4.56. The molecule has 19 heavy (non-hydrogen) atoms. The Balaban J connectivity index is 2.21. The van der Waals surface area contributed by atoms with Gasteiger partial charge in [-0.15, -0.1) is 0 Å². The molecule has 0 heterocycles. The van der Waals surface area contributed by atoms with E-state index in [1.807, 2.05) is 32.0 Å². The highest BCUT2D eigenvalue weighted by molar-refractivity contribution is 7.81. The third-order valence-electron chi connectivity index (χ3n) is 3.10. The van der Waals surface area contributed by atoms with Gasteiger partial charge in [-0.2, -0.15) is 0 Å². The number of hydrogen-bond acceptors (Lipinski definition) is 3. The molecule has 1 aromatic carbocycles. The Morgan fingerprint density at radius 1 is 1.32 bits per heavy atom. The summed E-state index contributed by atoms with van der Waals surface area (Å²) in [6.07, 6.45) is 4.91. The van der Waals surface area contributed by atoms with Crippen molar-refractivity contribution in [2.75, 3.05) is 5.32 Å². The summed E-state index contributed by atoms with van der Waals surface area (Å²) in [7, 11) is 0. The van der Waals surface area contributed by atoms with E-state index < -0.39 is 5.97 Å². The zero-order chi connectivity index (χ0) is 14.0. The van der Waals surface area contributed by atoms with Gasteiger partial charge in [0.15, 0.2) is 0 Å². The minimum Gasteiger partial charge on any atom is -0.478 e. The standard InChI is InChI=1S/C15H15NO2S/c1-9-4-3-5-10(2)14(9)16-12-7-6-11(15(17)18)8-13(12)19/h3-8,12,16H,1-2H3,(H,17,18). The van der Waals surface area contributed by atoms with Crippen LogP contribution in [-0.2, 0) is 4.79 Å². The lowest BCUT2D eigenvalue weighted by molar-refractivity contribution is -0.132. The van der Waals surface area contributed by atoms with Crippen LogP contribution in [0.25, 0.3) is 0 Å². The maximum atomic E-state index is 10.9. The van der Waals surface area contributed by atoms with Crippen LogP contribution in [-0.4, -0.2) is 22.0 Å². The maximum absolute atomic E-state index is 10.9. The number of thiocarbonyl (C=S) groups is 1. The summed E-state index contributed by atoms with van der Waals surface area (Å²) < 4.78 is 0. The van der Waals surface area contributed by atoms with Gasteiger partial charge in [-0.1, -0.05) is 36.5 Å². The van der Waals surface area contributed by atoms with Crippen molar-refractivity contribution in [3.63, 3.8) is 0 Å². The molecule has 0 aliphatic heterocycles. The van der Waals surface area contributed by atoms with Gasteiger partial charge in [-0.25, -0.2) is 4.79 Å². The summed E-state index contributed by atoms with van der Waals surface area (Å²) in [4.78, 5) is 11.5. The van der Waals surface area contributed by atoms with E-state index in [2.05, 4.69) is 5.32 Å². The Kier molecular flexibility index (Phi) is 3.81. The minimum atomic E-state index is -0.955. The molecular weight excluding hydrogens is 258 g/mol. The van der Waals surface area contributed by atoms with Gasteiger partial charge in [0, 0.05) is 10.6 Å². The zero-order valence-corrected chi connectivity index (χ0v) is 11.6. The highest BCUT2D eigenvalue weighted by atomic mass is 32.1. The van der Waals surface area contributed by atoms with Crippen LogP contribution in [0.5, 0.6) is 0 Å². The predicted molar refractivity (Wildman–Crippen MR) is 80.8 cm³/mol. The monoisotopic (exact) mass is 273 g/mol. The molecule has 1 aromatic rings. The molecule has 2 N–H and O–H groups in total. The lowest BCUT2D eigenvalue weighted by Crippen LogP contribution is -2.28. The van der Waals surface area contributed by atoms with Gasteiger partial charge >= 0.3 is 5.97 Å². The quantitative estimate of drug-likeness (QED) is 0.831. The fraction of sp³-hybridized carbons (Fsp3) is 0.200. The molecule has 1 atom stereocenters. The van der Waals surface area contributed by atoms with E-state index in [-0.39, 0.29) is 11.6 Å². The van der Waals surface area contributed by atoms with E-state index in [4.69, 9.17) is 17.3 Å². The van der Waals surface area contributed by atoms with Gasteiger partial charge < -0.3 is 10.4 Å². The smallest absolute Gasteiger partial charge is 0.335 e. The third kappa shape index (κ3) is 2.90.